The first-order chi connectivity index (χ1) is 15.2. The van der Waals surface area contributed by atoms with Crippen molar-refractivity contribution in [3.05, 3.63) is 74.9 Å². The lowest BCUT2D eigenvalue weighted by atomic mass is 10.1. The maximum atomic E-state index is 13.4. The summed E-state index contributed by atoms with van der Waals surface area (Å²) in [7, 11) is -0.964. The molecule has 0 spiro atoms. The summed E-state index contributed by atoms with van der Waals surface area (Å²) in [6.07, 6.45) is 0. The Hall–Kier alpha value is -2.55. The molecule has 1 amide bonds. The van der Waals surface area contributed by atoms with Gasteiger partial charge in [-0.1, -0.05) is 29.8 Å². The molecule has 0 bridgehead atoms. The van der Waals surface area contributed by atoms with Crippen molar-refractivity contribution in [1.29, 1.82) is 0 Å². The van der Waals surface area contributed by atoms with E-state index in [4.69, 9.17) is 16.3 Å². The van der Waals surface area contributed by atoms with Gasteiger partial charge in [-0.25, -0.2) is 8.42 Å². The maximum absolute atomic E-state index is 13.4. The molecule has 0 saturated carbocycles. The fourth-order valence-corrected chi connectivity index (χ4v) is 5.63. The fourth-order valence-electron chi connectivity index (χ4n) is 3.29. The molecule has 6 nitrogen and oxygen atoms in total. The second kappa shape index (κ2) is 9.94. The zero-order chi connectivity index (χ0) is 23.5. The third-order valence-corrected chi connectivity index (χ3v) is 8.15. The summed E-state index contributed by atoms with van der Waals surface area (Å²) >= 11 is 7.43. The Morgan fingerprint density at radius 3 is 2.47 bits per heavy atom. The number of halogens is 1. The SMILES string of the molecule is CCN(Cc1ccc(Cl)s1)C(=O)c1cc(S(=O)(=O)N(C)c2ccccc2OC)ccc1C. The zero-order valence-electron chi connectivity index (χ0n) is 18.3. The van der Waals surface area contributed by atoms with E-state index in [-0.39, 0.29) is 10.8 Å². The lowest BCUT2D eigenvalue weighted by Gasteiger charge is -2.24. The van der Waals surface area contributed by atoms with Gasteiger partial charge in [0.2, 0.25) is 0 Å². The topological polar surface area (TPSA) is 66.9 Å². The number of nitrogens with zero attached hydrogens (tertiary/aromatic N) is 2. The summed E-state index contributed by atoms with van der Waals surface area (Å²) in [6, 6.07) is 15.2. The summed E-state index contributed by atoms with van der Waals surface area (Å²) < 4.78 is 33.8. The predicted molar refractivity (Wildman–Crippen MR) is 130 cm³/mol. The molecule has 170 valence electrons. The third kappa shape index (κ3) is 4.92. The second-order valence-electron chi connectivity index (χ2n) is 7.15. The summed E-state index contributed by atoms with van der Waals surface area (Å²) in [5.74, 6) is 0.209. The third-order valence-electron chi connectivity index (χ3n) is 5.17. The van der Waals surface area contributed by atoms with Crippen LogP contribution in [0.1, 0.15) is 27.7 Å². The van der Waals surface area contributed by atoms with E-state index in [2.05, 4.69) is 0 Å². The first kappa shape index (κ1) is 24.1. The smallest absolute Gasteiger partial charge is 0.264 e. The average Bonchev–Trinajstić information content (AvgIpc) is 3.21. The monoisotopic (exact) mass is 492 g/mol. The number of para-hydroxylation sites is 2. The fraction of sp³-hybridized carbons (Fsp3) is 0.261. The van der Waals surface area contributed by atoms with Crippen LogP contribution in [0.5, 0.6) is 5.75 Å². The number of benzene rings is 2. The minimum absolute atomic E-state index is 0.0371. The molecule has 0 aliphatic heterocycles. The van der Waals surface area contributed by atoms with Crippen LogP contribution < -0.4 is 9.04 Å². The molecule has 0 unspecified atom stereocenters. The van der Waals surface area contributed by atoms with Crippen molar-refractivity contribution in [2.75, 3.05) is 25.0 Å². The van der Waals surface area contributed by atoms with Crippen LogP contribution in [0.15, 0.2) is 59.5 Å². The van der Waals surface area contributed by atoms with E-state index in [9.17, 15) is 13.2 Å². The van der Waals surface area contributed by atoms with Gasteiger partial charge >= 0.3 is 0 Å². The second-order valence-corrected chi connectivity index (χ2v) is 10.9. The Kier molecular flexibility index (Phi) is 7.48. The minimum Gasteiger partial charge on any atom is -0.495 e. The predicted octanol–water partition coefficient (Wildman–Crippen LogP) is 5.21. The van der Waals surface area contributed by atoms with Crippen LogP contribution >= 0.6 is 22.9 Å². The van der Waals surface area contributed by atoms with Crippen molar-refractivity contribution in [3.8, 4) is 5.75 Å². The van der Waals surface area contributed by atoms with Gasteiger partial charge in [-0.2, -0.15) is 0 Å². The van der Waals surface area contributed by atoms with Crippen molar-refractivity contribution in [2.24, 2.45) is 0 Å². The number of anilines is 1. The summed E-state index contributed by atoms with van der Waals surface area (Å²) in [5, 5.41) is 0. The van der Waals surface area contributed by atoms with Crippen molar-refractivity contribution >= 4 is 44.6 Å². The number of ether oxygens (including phenoxy) is 1. The van der Waals surface area contributed by atoms with Crippen LogP contribution in [0.25, 0.3) is 0 Å². The lowest BCUT2D eigenvalue weighted by molar-refractivity contribution is 0.0753. The molecule has 3 aromatic rings. The zero-order valence-corrected chi connectivity index (χ0v) is 20.7. The molecule has 9 heteroatoms. The Balaban J connectivity index is 1.95. The number of carbonyl (C=O) groups is 1. The van der Waals surface area contributed by atoms with Crippen LogP contribution in [-0.2, 0) is 16.6 Å². The maximum Gasteiger partial charge on any atom is 0.264 e. The van der Waals surface area contributed by atoms with Gasteiger partial charge in [0, 0.05) is 24.0 Å². The summed E-state index contributed by atoms with van der Waals surface area (Å²) in [5.41, 5.74) is 1.47. The molecule has 0 atom stereocenters. The summed E-state index contributed by atoms with van der Waals surface area (Å²) in [6.45, 7) is 4.57. The Morgan fingerprint density at radius 1 is 1.12 bits per heavy atom. The van der Waals surface area contributed by atoms with Crippen molar-refractivity contribution < 1.29 is 17.9 Å². The number of hydrogen-bond donors (Lipinski definition) is 0. The molecule has 0 N–H and O–H groups in total. The molecule has 0 fully saturated rings. The molecule has 3 rings (SSSR count). The van der Waals surface area contributed by atoms with Crippen LogP contribution in [0.3, 0.4) is 0 Å². The number of aryl methyl sites for hydroxylation is 1. The number of methoxy groups -OCH3 is 1. The molecular formula is C23H25ClN2O4S2. The van der Waals surface area contributed by atoms with Crippen molar-refractivity contribution in [1.82, 2.24) is 4.90 Å². The van der Waals surface area contributed by atoms with E-state index in [0.29, 0.717) is 40.0 Å². The highest BCUT2D eigenvalue weighted by molar-refractivity contribution is 7.92. The van der Waals surface area contributed by atoms with Gasteiger partial charge in [0.1, 0.15) is 5.75 Å². The van der Waals surface area contributed by atoms with E-state index in [1.807, 2.05) is 13.0 Å². The average molecular weight is 493 g/mol. The highest BCUT2D eigenvalue weighted by Crippen LogP contribution is 2.31. The van der Waals surface area contributed by atoms with E-state index in [0.717, 1.165) is 9.18 Å². The quantitative estimate of drug-likeness (QED) is 0.433. The molecule has 0 saturated heterocycles. The van der Waals surface area contributed by atoms with Gasteiger partial charge in [-0.3, -0.25) is 9.10 Å². The lowest BCUT2D eigenvalue weighted by Crippen LogP contribution is -2.31. The minimum atomic E-state index is -3.92. The van der Waals surface area contributed by atoms with Crippen LogP contribution in [0.2, 0.25) is 4.34 Å². The van der Waals surface area contributed by atoms with Gasteiger partial charge in [0.25, 0.3) is 15.9 Å². The van der Waals surface area contributed by atoms with Gasteiger partial charge in [-0.15, -0.1) is 11.3 Å². The van der Waals surface area contributed by atoms with Crippen LogP contribution in [0.4, 0.5) is 5.69 Å². The van der Waals surface area contributed by atoms with E-state index < -0.39 is 10.0 Å². The Bertz CT molecular complexity index is 1220. The molecule has 32 heavy (non-hydrogen) atoms. The first-order valence-electron chi connectivity index (χ1n) is 9.95. The number of sulfonamides is 1. The Morgan fingerprint density at radius 2 is 1.84 bits per heavy atom. The standard InChI is InChI=1S/C23H25ClN2O4S2/c1-5-26(15-17-11-13-22(24)31-17)23(27)19-14-18(12-10-16(19)2)32(28,29)25(3)20-8-6-7-9-21(20)30-4/h6-14H,5,15H2,1-4H3. The number of amides is 1. The Labute approximate surface area is 198 Å². The molecular weight excluding hydrogens is 468 g/mol. The van der Waals surface area contributed by atoms with Crippen LogP contribution in [0, 0.1) is 6.92 Å². The van der Waals surface area contributed by atoms with Gasteiger partial charge < -0.3 is 9.64 Å². The van der Waals surface area contributed by atoms with E-state index >= 15 is 0 Å². The first-order valence-corrected chi connectivity index (χ1v) is 12.6. The number of hydrogen-bond acceptors (Lipinski definition) is 5. The number of thiophene rings is 1. The van der Waals surface area contributed by atoms with E-state index in [1.165, 1.54) is 37.6 Å². The molecule has 1 heterocycles. The number of carbonyl (C=O) groups excluding carboxylic acids is 1. The highest BCUT2D eigenvalue weighted by atomic mass is 35.5. The molecule has 0 aliphatic rings. The summed E-state index contributed by atoms with van der Waals surface area (Å²) in [4.78, 5) is 16.0. The molecule has 1 aromatic heterocycles. The van der Waals surface area contributed by atoms with Gasteiger partial charge in [0.05, 0.1) is 28.6 Å². The molecule has 0 radical (unpaired) electrons. The van der Waals surface area contributed by atoms with Crippen molar-refractivity contribution in [3.63, 3.8) is 0 Å². The normalized spacial score (nSPS) is 11.3. The van der Waals surface area contributed by atoms with Gasteiger partial charge in [0.15, 0.2) is 0 Å². The number of rotatable bonds is 8. The van der Waals surface area contributed by atoms with Crippen LogP contribution in [-0.4, -0.2) is 39.9 Å². The molecule has 0 aliphatic carbocycles. The van der Waals surface area contributed by atoms with Gasteiger partial charge in [-0.05, 0) is 55.8 Å². The van der Waals surface area contributed by atoms with E-state index in [1.54, 1.807) is 48.2 Å². The highest BCUT2D eigenvalue weighted by Gasteiger charge is 2.26. The molecule has 2 aromatic carbocycles. The largest absolute Gasteiger partial charge is 0.495 e. The van der Waals surface area contributed by atoms with Crippen molar-refractivity contribution in [2.45, 2.75) is 25.3 Å².